The fourth-order valence-electron chi connectivity index (χ4n) is 4.86. The van der Waals surface area contributed by atoms with Gasteiger partial charge in [-0.1, -0.05) is 121 Å². The molecule has 4 aromatic carbocycles. The second-order valence-electron chi connectivity index (χ2n) is 10.4. The van der Waals surface area contributed by atoms with E-state index >= 15 is 0 Å². The Morgan fingerprint density at radius 2 is 1.21 bits per heavy atom. The Balaban J connectivity index is 1.49. The van der Waals surface area contributed by atoms with Crippen LogP contribution in [0.5, 0.6) is 0 Å². The molecule has 4 aromatic rings. The first-order valence-electron chi connectivity index (χ1n) is 13.3. The number of nitrogens with one attached hydrogen (secondary N) is 2. The van der Waals surface area contributed by atoms with Gasteiger partial charge in [-0.3, -0.25) is 4.79 Å². The molecule has 4 heteroatoms. The van der Waals surface area contributed by atoms with E-state index in [2.05, 4.69) is 60.9 Å². The summed E-state index contributed by atoms with van der Waals surface area (Å²) in [5.41, 5.74) is 4.08. The van der Waals surface area contributed by atoms with Gasteiger partial charge in [-0.15, -0.1) is 0 Å². The molecule has 4 nitrogen and oxygen atoms in total. The highest BCUT2D eigenvalue weighted by Crippen LogP contribution is 2.28. The van der Waals surface area contributed by atoms with Crippen molar-refractivity contribution in [3.05, 3.63) is 144 Å². The van der Waals surface area contributed by atoms with E-state index in [0.29, 0.717) is 19.4 Å². The van der Waals surface area contributed by atoms with Gasteiger partial charge in [0.1, 0.15) is 0 Å². The zero-order chi connectivity index (χ0) is 26.8. The van der Waals surface area contributed by atoms with Crippen LogP contribution in [-0.2, 0) is 16.8 Å². The van der Waals surface area contributed by atoms with Crippen molar-refractivity contribution in [1.82, 2.24) is 10.6 Å². The first kappa shape index (κ1) is 27.3. The van der Waals surface area contributed by atoms with Gasteiger partial charge in [-0.2, -0.15) is 0 Å². The summed E-state index contributed by atoms with van der Waals surface area (Å²) in [7, 11) is 0. The average Bonchev–Trinajstić information content (AvgIpc) is 2.96. The Bertz CT molecular complexity index is 1210. The van der Waals surface area contributed by atoms with Crippen LogP contribution in [-0.4, -0.2) is 29.7 Å². The number of benzene rings is 4. The Kier molecular flexibility index (Phi) is 9.47. The highest BCUT2D eigenvalue weighted by atomic mass is 16.3. The topological polar surface area (TPSA) is 61.4 Å². The van der Waals surface area contributed by atoms with E-state index in [4.69, 9.17) is 0 Å². The fraction of sp³-hybridized carbons (Fsp3) is 0.265. The van der Waals surface area contributed by atoms with Crippen molar-refractivity contribution in [1.29, 1.82) is 0 Å². The Morgan fingerprint density at radius 1 is 0.737 bits per heavy atom. The van der Waals surface area contributed by atoms with Crippen LogP contribution >= 0.6 is 0 Å². The predicted octanol–water partition coefficient (Wildman–Crippen LogP) is 5.82. The van der Waals surface area contributed by atoms with Crippen LogP contribution in [0.25, 0.3) is 0 Å². The summed E-state index contributed by atoms with van der Waals surface area (Å²) in [6, 6.07) is 40.0. The predicted molar refractivity (Wildman–Crippen MR) is 155 cm³/mol. The summed E-state index contributed by atoms with van der Waals surface area (Å²) >= 11 is 0. The minimum atomic E-state index is -0.769. The van der Waals surface area contributed by atoms with Crippen LogP contribution in [0.4, 0.5) is 0 Å². The zero-order valence-electron chi connectivity index (χ0n) is 22.3. The lowest BCUT2D eigenvalue weighted by atomic mass is 9.88. The molecule has 196 valence electrons. The Morgan fingerprint density at radius 3 is 1.74 bits per heavy atom. The van der Waals surface area contributed by atoms with E-state index in [9.17, 15) is 9.90 Å². The molecule has 2 atom stereocenters. The van der Waals surface area contributed by atoms with Gasteiger partial charge in [0.15, 0.2) is 0 Å². The minimum Gasteiger partial charge on any atom is -0.390 e. The molecule has 0 aromatic heterocycles. The molecule has 1 amide bonds. The van der Waals surface area contributed by atoms with Crippen molar-refractivity contribution in [2.75, 3.05) is 6.54 Å². The monoisotopic (exact) mass is 506 g/mol. The van der Waals surface area contributed by atoms with Crippen LogP contribution in [0.1, 0.15) is 48.4 Å². The van der Waals surface area contributed by atoms with Gasteiger partial charge in [0.25, 0.3) is 0 Å². The van der Waals surface area contributed by atoms with Crippen LogP contribution in [0.15, 0.2) is 121 Å². The number of aliphatic hydroxyl groups is 1. The molecule has 38 heavy (non-hydrogen) atoms. The maximum absolute atomic E-state index is 13.5. The largest absolute Gasteiger partial charge is 0.390 e. The number of hydrogen-bond donors (Lipinski definition) is 3. The second kappa shape index (κ2) is 13.2. The van der Waals surface area contributed by atoms with Crippen LogP contribution in [0.2, 0.25) is 0 Å². The van der Waals surface area contributed by atoms with Crippen molar-refractivity contribution in [2.24, 2.45) is 0 Å². The molecular formula is C34H38N2O2. The maximum atomic E-state index is 13.5. The van der Waals surface area contributed by atoms with Gasteiger partial charge in [-0.05, 0) is 42.5 Å². The molecule has 0 saturated heterocycles. The highest BCUT2D eigenvalue weighted by molar-refractivity contribution is 5.78. The van der Waals surface area contributed by atoms with E-state index in [1.165, 1.54) is 0 Å². The van der Waals surface area contributed by atoms with E-state index in [1.807, 2.05) is 84.9 Å². The first-order valence-corrected chi connectivity index (χ1v) is 13.3. The number of rotatable bonds is 12. The molecule has 0 saturated carbocycles. The van der Waals surface area contributed by atoms with Gasteiger partial charge >= 0.3 is 0 Å². The summed E-state index contributed by atoms with van der Waals surface area (Å²) in [5.74, 6) is -0.146. The Labute approximate surface area is 226 Å². The molecule has 0 aliphatic heterocycles. The van der Waals surface area contributed by atoms with E-state index in [0.717, 1.165) is 22.3 Å². The molecule has 0 spiro atoms. The SMILES string of the molecule is CC(C)(NC[C@@H](O)[C@H](Cc1ccccc1)NC(=O)CC(c1ccccc1)c1ccccc1)c1ccccc1. The normalized spacial score (nSPS) is 13.2. The quantitative estimate of drug-likeness (QED) is 0.227. The zero-order valence-corrected chi connectivity index (χ0v) is 22.3. The van der Waals surface area contributed by atoms with Gasteiger partial charge < -0.3 is 15.7 Å². The lowest BCUT2D eigenvalue weighted by Gasteiger charge is -2.31. The number of hydrogen-bond acceptors (Lipinski definition) is 3. The lowest BCUT2D eigenvalue weighted by molar-refractivity contribution is -0.122. The molecule has 0 radical (unpaired) electrons. The molecular weight excluding hydrogens is 468 g/mol. The second-order valence-corrected chi connectivity index (χ2v) is 10.4. The molecule has 4 rings (SSSR count). The van der Waals surface area contributed by atoms with E-state index in [1.54, 1.807) is 0 Å². The standard InChI is InChI=1S/C34H38N2O2/c1-34(2,29-21-13-6-14-22-29)35-25-32(37)31(23-26-15-7-3-8-16-26)36-33(38)24-30(27-17-9-4-10-18-27)28-19-11-5-12-20-28/h3-22,30-32,35,37H,23-25H2,1-2H3,(H,36,38)/t31-,32+/m0/s1. The number of carbonyl (C=O) groups is 1. The van der Waals surface area contributed by atoms with Gasteiger partial charge in [0, 0.05) is 24.4 Å². The van der Waals surface area contributed by atoms with Crippen molar-refractivity contribution in [3.63, 3.8) is 0 Å². The maximum Gasteiger partial charge on any atom is 0.221 e. The lowest BCUT2D eigenvalue weighted by Crippen LogP contribution is -2.51. The number of carbonyl (C=O) groups excluding carboxylic acids is 1. The van der Waals surface area contributed by atoms with Gasteiger partial charge in [0.05, 0.1) is 12.1 Å². The molecule has 0 unspecified atom stereocenters. The third kappa shape index (κ3) is 7.64. The number of aliphatic hydroxyl groups excluding tert-OH is 1. The smallest absolute Gasteiger partial charge is 0.221 e. The third-order valence-electron chi connectivity index (χ3n) is 7.15. The molecule has 0 aliphatic carbocycles. The summed E-state index contributed by atoms with van der Waals surface area (Å²) < 4.78 is 0. The summed E-state index contributed by atoms with van der Waals surface area (Å²) in [5, 5.41) is 18.0. The van der Waals surface area contributed by atoms with Gasteiger partial charge in [0.2, 0.25) is 5.91 Å². The third-order valence-corrected chi connectivity index (χ3v) is 7.15. The molecule has 0 fully saturated rings. The summed E-state index contributed by atoms with van der Waals surface area (Å²) in [6.45, 7) is 4.55. The fourth-order valence-corrected chi connectivity index (χ4v) is 4.86. The van der Waals surface area contributed by atoms with Crippen molar-refractivity contribution >= 4 is 5.91 Å². The molecule has 0 aliphatic rings. The van der Waals surface area contributed by atoms with Crippen molar-refractivity contribution < 1.29 is 9.90 Å². The van der Waals surface area contributed by atoms with Crippen molar-refractivity contribution in [3.8, 4) is 0 Å². The van der Waals surface area contributed by atoms with Crippen molar-refractivity contribution in [2.45, 2.75) is 50.3 Å². The number of amides is 1. The first-order chi connectivity index (χ1) is 18.4. The molecule has 3 N–H and O–H groups in total. The van der Waals surface area contributed by atoms with Crippen LogP contribution < -0.4 is 10.6 Å². The molecule has 0 heterocycles. The summed E-state index contributed by atoms with van der Waals surface area (Å²) in [4.78, 5) is 13.5. The van der Waals surface area contributed by atoms with Crippen LogP contribution in [0, 0.1) is 0 Å². The minimum absolute atomic E-state index is 0.0675. The average molecular weight is 507 g/mol. The summed E-state index contributed by atoms with van der Waals surface area (Å²) in [6.07, 6.45) is 0.0753. The van der Waals surface area contributed by atoms with E-state index in [-0.39, 0.29) is 17.4 Å². The molecule has 0 bridgehead atoms. The van der Waals surface area contributed by atoms with Gasteiger partial charge in [-0.25, -0.2) is 0 Å². The van der Waals surface area contributed by atoms with Crippen LogP contribution in [0.3, 0.4) is 0 Å². The van der Waals surface area contributed by atoms with E-state index < -0.39 is 12.1 Å². The Hall–Kier alpha value is -3.73. The highest BCUT2D eigenvalue weighted by Gasteiger charge is 2.27.